The van der Waals surface area contributed by atoms with Gasteiger partial charge in [0, 0.05) is 18.0 Å². The molecule has 0 atom stereocenters. The van der Waals surface area contributed by atoms with E-state index < -0.39 is 0 Å². The van der Waals surface area contributed by atoms with Crippen LogP contribution < -0.4 is 5.73 Å². The predicted octanol–water partition coefficient (Wildman–Crippen LogP) is 2.65. The van der Waals surface area contributed by atoms with Crippen molar-refractivity contribution in [1.29, 1.82) is 0 Å². The molecule has 0 aliphatic heterocycles. The number of hydrogen-bond donors (Lipinski definition) is 2. The Morgan fingerprint density at radius 1 is 1.24 bits per heavy atom. The number of nitrogens with zero attached hydrogens (tertiary/aromatic N) is 2. The first-order valence-corrected chi connectivity index (χ1v) is 5.85. The van der Waals surface area contributed by atoms with E-state index in [0.29, 0.717) is 11.3 Å². The third-order valence-corrected chi connectivity index (χ3v) is 3.51. The molecule has 3 N–H and O–H groups in total. The number of phenolic OH excluding ortho intramolecular Hbond substituents is 1. The fourth-order valence-electron chi connectivity index (χ4n) is 1.62. The predicted molar refractivity (Wildman–Crippen MR) is 68.9 cm³/mol. The molecule has 0 aliphatic carbocycles. The number of rotatable bonds is 1. The minimum atomic E-state index is 0.150. The number of hydrogen-bond acceptors (Lipinski definition) is 5. The summed E-state index contributed by atoms with van der Waals surface area (Å²) in [4.78, 5) is 8.45. The zero-order valence-corrected chi connectivity index (χ0v) is 9.61. The number of nitrogen functional groups attached to an aromatic ring is 1. The summed E-state index contributed by atoms with van der Waals surface area (Å²) in [6.45, 7) is 0. The standard InChI is InChI=1S/C12H9N3OS/c13-7-1-2-8(10(16)5-7)12-15-9-6-14-4-3-11(9)17-12/h1-6,16H,13H2. The molecular weight excluding hydrogens is 234 g/mol. The van der Waals surface area contributed by atoms with Crippen molar-refractivity contribution in [1.82, 2.24) is 9.97 Å². The Morgan fingerprint density at radius 3 is 2.88 bits per heavy atom. The third kappa shape index (κ3) is 1.70. The van der Waals surface area contributed by atoms with Gasteiger partial charge in [0.25, 0.3) is 0 Å². The smallest absolute Gasteiger partial charge is 0.128 e. The van der Waals surface area contributed by atoms with Gasteiger partial charge in [-0.25, -0.2) is 4.98 Å². The zero-order valence-electron chi connectivity index (χ0n) is 8.79. The van der Waals surface area contributed by atoms with Crippen molar-refractivity contribution in [2.45, 2.75) is 0 Å². The Balaban J connectivity index is 2.20. The van der Waals surface area contributed by atoms with Crippen molar-refractivity contribution >= 4 is 27.2 Å². The number of aromatic hydroxyl groups is 1. The monoisotopic (exact) mass is 243 g/mol. The summed E-state index contributed by atoms with van der Waals surface area (Å²) in [6.07, 6.45) is 3.44. The van der Waals surface area contributed by atoms with E-state index in [1.807, 2.05) is 6.07 Å². The molecule has 3 aromatic rings. The van der Waals surface area contributed by atoms with Gasteiger partial charge in [0.1, 0.15) is 16.3 Å². The quantitative estimate of drug-likeness (QED) is 0.644. The summed E-state index contributed by atoms with van der Waals surface area (Å²) >= 11 is 1.52. The fraction of sp³-hybridized carbons (Fsp3) is 0. The lowest BCUT2D eigenvalue weighted by Gasteiger charge is -2.01. The van der Waals surface area contributed by atoms with Crippen LogP contribution in [0.2, 0.25) is 0 Å². The number of thiazole rings is 1. The molecule has 0 spiro atoms. The van der Waals surface area contributed by atoms with Crippen LogP contribution in [0.15, 0.2) is 36.7 Å². The molecule has 2 aromatic heterocycles. The van der Waals surface area contributed by atoms with Gasteiger partial charge in [-0.2, -0.15) is 0 Å². The first kappa shape index (κ1) is 10.0. The highest BCUT2D eigenvalue weighted by Gasteiger charge is 2.10. The average Bonchev–Trinajstić information content (AvgIpc) is 2.72. The van der Waals surface area contributed by atoms with Crippen LogP contribution in [0.3, 0.4) is 0 Å². The van der Waals surface area contributed by atoms with Gasteiger partial charge in [0.15, 0.2) is 0 Å². The van der Waals surface area contributed by atoms with E-state index in [0.717, 1.165) is 15.2 Å². The maximum atomic E-state index is 9.84. The fourth-order valence-corrected chi connectivity index (χ4v) is 2.59. The lowest BCUT2D eigenvalue weighted by molar-refractivity contribution is 0.477. The molecule has 0 amide bonds. The molecule has 0 aliphatic rings. The summed E-state index contributed by atoms with van der Waals surface area (Å²) in [5.41, 5.74) is 7.66. The first-order chi connectivity index (χ1) is 8.24. The highest BCUT2D eigenvalue weighted by atomic mass is 32.1. The van der Waals surface area contributed by atoms with Crippen molar-refractivity contribution in [2.24, 2.45) is 0 Å². The number of fused-ring (bicyclic) bond motifs is 1. The van der Waals surface area contributed by atoms with Crippen LogP contribution in [-0.2, 0) is 0 Å². The Bertz CT molecular complexity index is 660. The lowest BCUT2D eigenvalue weighted by atomic mass is 10.2. The van der Waals surface area contributed by atoms with Crippen LogP contribution in [0.25, 0.3) is 20.8 Å². The second-order valence-corrected chi connectivity index (χ2v) is 4.67. The van der Waals surface area contributed by atoms with Gasteiger partial charge >= 0.3 is 0 Å². The third-order valence-electron chi connectivity index (χ3n) is 2.44. The van der Waals surface area contributed by atoms with Gasteiger partial charge in [-0.1, -0.05) is 0 Å². The molecule has 0 saturated heterocycles. The Morgan fingerprint density at radius 2 is 2.12 bits per heavy atom. The summed E-state index contributed by atoms with van der Waals surface area (Å²) in [5, 5.41) is 10.6. The summed E-state index contributed by atoms with van der Waals surface area (Å²) in [5.74, 6) is 0.150. The zero-order chi connectivity index (χ0) is 11.8. The molecule has 17 heavy (non-hydrogen) atoms. The second-order valence-electron chi connectivity index (χ2n) is 3.64. The topological polar surface area (TPSA) is 72.0 Å². The largest absolute Gasteiger partial charge is 0.507 e. The van der Waals surface area contributed by atoms with Crippen LogP contribution in [0, 0.1) is 0 Å². The molecule has 4 nitrogen and oxygen atoms in total. The Labute approximate surface area is 101 Å². The van der Waals surface area contributed by atoms with E-state index in [9.17, 15) is 5.11 Å². The van der Waals surface area contributed by atoms with E-state index in [1.165, 1.54) is 17.4 Å². The van der Waals surface area contributed by atoms with Crippen molar-refractivity contribution in [2.75, 3.05) is 5.73 Å². The number of anilines is 1. The summed E-state index contributed by atoms with van der Waals surface area (Å²) in [6, 6.07) is 6.96. The highest BCUT2D eigenvalue weighted by Crippen LogP contribution is 2.35. The maximum absolute atomic E-state index is 9.84. The molecule has 3 rings (SSSR count). The van der Waals surface area contributed by atoms with E-state index in [1.54, 1.807) is 24.5 Å². The number of nitrogens with two attached hydrogens (primary N) is 1. The minimum Gasteiger partial charge on any atom is -0.507 e. The Hall–Kier alpha value is -2.14. The van der Waals surface area contributed by atoms with Crippen LogP contribution in [-0.4, -0.2) is 15.1 Å². The van der Waals surface area contributed by atoms with Crippen LogP contribution >= 0.6 is 11.3 Å². The number of phenols is 1. The van der Waals surface area contributed by atoms with Crippen LogP contribution in [0.4, 0.5) is 5.69 Å². The van der Waals surface area contributed by atoms with Gasteiger partial charge in [0.05, 0.1) is 16.5 Å². The van der Waals surface area contributed by atoms with E-state index in [-0.39, 0.29) is 5.75 Å². The van der Waals surface area contributed by atoms with Crippen LogP contribution in [0.5, 0.6) is 5.75 Å². The maximum Gasteiger partial charge on any atom is 0.128 e. The molecule has 0 unspecified atom stereocenters. The molecule has 5 heteroatoms. The minimum absolute atomic E-state index is 0.150. The number of aromatic nitrogens is 2. The molecule has 2 heterocycles. The van der Waals surface area contributed by atoms with Gasteiger partial charge < -0.3 is 10.8 Å². The van der Waals surface area contributed by atoms with Crippen molar-refractivity contribution in [3.63, 3.8) is 0 Å². The molecule has 0 radical (unpaired) electrons. The molecular formula is C12H9N3OS. The Kier molecular flexibility index (Phi) is 2.19. The SMILES string of the molecule is Nc1ccc(-c2nc3cnccc3s2)c(O)c1. The van der Waals surface area contributed by atoms with Crippen LogP contribution in [0.1, 0.15) is 0 Å². The van der Waals surface area contributed by atoms with Crippen molar-refractivity contribution in [3.05, 3.63) is 36.7 Å². The van der Waals surface area contributed by atoms with Crippen molar-refractivity contribution in [3.8, 4) is 16.3 Å². The molecule has 0 saturated carbocycles. The average molecular weight is 243 g/mol. The molecule has 1 aromatic carbocycles. The molecule has 0 fully saturated rings. The number of pyridine rings is 1. The molecule has 0 bridgehead atoms. The number of benzene rings is 1. The molecule has 84 valence electrons. The van der Waals surface area contributed by atoms with Gasteiger partial charge in [-0.05, 0) is 18.2 Å². The second kappa shape index (κ2) is 3.71. The van der Waals surface area contributed by atoms with E-state index >= 15 is 0 Å². The van der Waals surface area contributed by atoms with E-state index in [4.69, 9.17) is 5.73 Å². The van der Waals surface area contributed by atoms with Gasteiger partial charge in [-0.3, -0.25) is 4.98 Å². The van der Waals surface area contributed by atoms with E-state index in [2.05, 4.69) is 9.97 Å². The first-order valence-electron chi connectivity index (χ1n) is 5.03. The van der Waals surface area contributed by atoms with Gasteiger partial charge in [-0.15, -0.1) is 11.3 Å². The lowest BCUT2D eigenvalue weighted by Crippen LogP contribution is -1.85. The normalized spacial score (nSPS) is 10.8. The summed E-state index contributed by atoms with van der Waals surface area (Å²) in [7, 11) is 0. The van der Waals surface area contributed by atoms with Gasteiger partial charge in [0.2, 0.25) is 0 Å². The van der Waals surface area contributed by atoms with Crippen molar-refractivity contribution < 1.29 is 5.11 Å². The highest BCUT2D eigenvalue weighted by molar-refractivity contribution is 7.21. The summed E-state index contributed by atoms with van der Waals surface area (Å²) < 4.78 is 1.05.